The predicted octanol–water partition coefficient (Wildman–Crippen LogP) is 6.39. The third-order valence-electron chi connectivity index (χ3n) is 5.39. The molecule has 5 nitrogen and oxygen atoms in total. The molecule has 9 heteroatoms. The number of hydrogen-bond acceptors (Lipinski definition) is 5. The van der Waals surface area contributed by atoms with Crippen LogP contribution >= 0.6 is 0 Å². The van der Waals surface area contributed by atoms with Gasteiger partial charge in [-0.3, -0.25) is 0 Å². The highest BCUT2D eigenvalue weighted by atomic mass is 19.4. The van der Waals surface area contributed by atoms with Gasteiger partial charge < -0.3 is 18.9 Å². The summed E-state index contributed by atoms with van der Waals surface area (Å²) >= 11 is 0. The first-order valence-electron chi connectivity index (χ1n) is 11.3. The zero-order chi connectivity index (χ0) is 24.7. The van der Waals surface area contributed by atoms with Crippen molar-refractivity contribution in [3.8, 4) is 16.9 Å². The van der Waals surface area contributed by atoms with Crippen LogP contribution in [0.4, 0.5) is 17.6 Å². The van der Waals surface area contributed by atoms with E-state index in [1.165, 1.54) is 24.3 Å². The number of carbonyl (C=O) groups excluding carboxylic acids is 1. The third kappa shape index (κ3) is 6.48. The second-order valence-electron chi connectivity index (χ2n) is 7.90. The van der Waals surface area contributed by atoms with Gasteiger partial charge in [-0.25, -0.2) is 9.18 Å². The topological polar surface area (TPSA) is 54.0 Å². The van der Waals surface area contributed by atoms with Crippen LogP contribution in [-0.2, 0) is 20.4 Å². The number of halogens is 4. The Morgan fingerprint density at radius 2 is 1.82 bits per heavy atom. The first-order chi connectivity index (χ1) is 16.2. The van der Waals surface area contributed by atoms with Crippen molar-refractivity contribution in [2.45, 2.75) is 58.1 Å². The Morgan fingerprint density at radius 3 is 2.41 bits per heavy atom. The van der Waals surface area contributed by atoms with E-state index in [0.717, 1.165) is 25.0 Å². The molecule has 34 heavy (non-hydrogen) atoms. The number of benzene rings is 2. The monoisotopic (exact) mass is 484 g/mol. The number of alkyl halides is 3. The minimum absolute atomic E-state index is 0.0283. The van der Waals surface area contributed by atoms with E-state index in [1.54, 1.807) is 6.92 Å². The van der Waals surface area contributed by atoms with Crippen molar-refractivity contribution >= 4 is 5.97 Å². The summed E-state index contributed by atoms with van der Waals surface area (Å²) in [5.74, 6) is -2.35. The Kier molecular flexibility index (Phi) is 8.90. The van der Waals surface area contributed by atoms with Crippen molar-refractivity contribution in [3.05, 3.63) is 53.3 Å². The molecule has 0 spiro atoms. The molecule has 0 N–H and O–H groups in total. The Morgan fingerprint density at radius 1 is 1.09 bits per heavy atom. The largest absolute Gasteiger partial charge is 0.494 e. The summed E-state index contributed by atoms with van der Waals surface area (Å²) in [4.78, 5) is 12.5. The van der Waals surface area contributed by atoms with Crippen LogP contribution in [0.5, 0.6) is 5.75 Å². The molecule has 0 saturated carbocycles. The minimum atomic E-state index is -5.02. The normalized spacial score (nSPS) is 18.5. The van der Waals surface area contributed by atoms with Crippen molar-refractivity contribution in [1.82, 2.24) is 0 Å². The van der Waals surface area contributed by atoms with Crippen LogP contribution in [0.3, 0.4) is 0 Å². The van der Waals surface area contributed by atoms with Gasteiger partial charge in [0, 0.05) is 13.0 Å². The first-order valence-corrected chi connectivity index (χ1v) is 11.3. The highest BCUT2D eigenvalue weighted by Gasteiger charge is 2.39. The van der Waals surface area contributed by atoms with E-state index >= 15 is 4.39 Å². The Labute approximate surface area is 196 Å². The molecule has 1 saturated heterocycles. The molecular weight excluding hydrogens is 456 g/mol. The second-order valence-corrected chi connectivity index (χ2v) is 7.90. The molecule has 1 aliphatic heterocycles. The van der Waals surface area contributed by atoms with Crippen molar-refractivity contribution < 1.29 is 41.3 Å². The maximum absolute atomic E-state index is 15.1. The second kappa shape index (κ2) is 11.7. The SMILES string of the molecule is CCCCOC1CCC(OC(=O)c2ccc(-c3ccc(OCC)cc3)c(C(F)(F)F)c2F)CO1. The minimum Gasteiger partial charge on any atom is -0.494 e. The molecule has 0 bridgehead atoms. The van der Waals surface area contributed by atoms with Crippen LogP contribution in [0.2, 0.25) is 0 Å². The van der Waals surface area contributed by atoms with Crippen LogP contribution in [0.1, 0.15) is 55.5 Å². The maximum Gasteiger partial charge on any atom is 0.419 e. The molecule has 0 aliphatic carbocycles. The van der Waals surface area contributed by atoms with Crippen molar-refractivity contribution in [2.75, 3.05) is 19.8 Å². The fourth-order valence-electron chi connectivity index (χ4n) is 3.65. The Balaban J connectivity index is 1.76. The van der Waals surface area contributed by atoms with Crippen LogP contribution in [-0.4, -0.2) is 38.2 Å². The lowest BCUT2D eigenvalue weighted by molar-refractivity contribution is -0.187. The molecule has 0 amide bonds. The van der Waals surface area contributed by atoms with Crippen molar-refractivity contribution in [2.24, 2.45) is 0 Å². The molecule has 1 aliphatic rings. The summed E-state index contributed by atoms with van der Waals surface area (Å²) in [5, 5.41) is 0. The number of rotatable bonds is 9. The van der Waals surface area contributed by atoms with E-state index in [2.05, 4.69) is 0 Å². The summed E-state index contributed by atoms with van der Waals surface area (Å²) in [6.45, 7) is 4.80. The Bertz CT molecular complexity index is 951. The van der Waals surface area contributed by atoms with Gasteiger partial charge in [-0.15, -0.1) is 0 Å². The average Bonchev–Trinajstić information content (AvgIpc) is 2.80. The number of ether oxygens (including phenoxy) is 4. The van der Waals surface area contributed by atoms with Crippen LogP contribution < -0.4 is 4.74 Å². The fraction of sp³-hybridized carbons (Fsp3) is 0.480. The molecule has 2 unspecified atom stereocenters. The van der Waals surface area contributed by atoms with E-state index in [1.807, 2.05) is 6.92 Å². The standard InChI is InChI=1S/C25H28F4O5/c1-3-5-14-32-21-13-10-18(15-33-21)34-24(30)20-12-11-19(22(23(20)26)25(27,28)29)16-6-8-17(9-7-16)31-4-2/h6-9,11-12,18,21H,3-5,10,13-15H2,1-2H3. The average molecular weight is 484 g/mol. The summed E-state index contributed by atoms with van der Waals surface area (Å²) in [7, 11) is 0. The number of unbranched alkanes of at least 4 members (excludes halogenated alkanes) is 1. The third-order valence-corrected chi connectivity index (χ3v) is 5.39. The fourth-order valence-corrected chi connectivity index (χ4v) is 3.65. The van der Waals surface area contributed by atoms with Gasteiger partial charge in [0.25, 0.3) is 0 Å². The molecule has 2 aromatic carbocycles. The van der Waals surface area contributed by atoms with E-state index in [9.17, 15) is 18.0 Å². The zero-order valence-electron chi connectivity index (χ0n) is 19.1. The van der Waals surface area contributed by atoms with Crippen molar-refractivity contribution in [1.29, 1.82) is 0 Å². The summed E-state index contributed by atoms with van der Waals surface area (Å²) in [6.07, 6.45) is -3.39. The number of carbonyl (C=O) groups is 1. The predicted molar refractivity (Wildman–Crippen MR) is 117 cm³/mol. The van der Waals surface area contributed by atoms with Crippen LogP contribution in [0.25, 0.3) is 11.1 Å². The van der Waals surface area contributed by atoms with Gasteiger partial charge in [0.15, 0.2) is 12.1 Å². The van der Waals surface area contributed by atoms with Gasteiger partial charge in [-0.05, 0) is 49.1 Å². The van der Waals surface area contributed by atoms with Gasteiger partial charge >= 0.3 is 12.1 Å². The summed E-state index contributed by atoms with van der Waals surface area (Å²) in [6, 6.07) is 7.91. The van der Waals surface area contributed by atoms with Gasteiger partial charge in [0.2, 0.25) is 0 Å². The first kappa shape index (κ1) is 26.0. The number of esters is 1. The summed E-state index contributed by atoms with van der Waals surface area (Å²) < 4.78 is 78.1. The van der Waals surface area contributed by atoms with E-state index in [-0.39, 0.29) is 17.7 Å². The van der Waals surface area contributed by atoms with Crippen LogP contribution in [0, 0.1) is 5.82 Å². The highest BCUT2D eigenvalue weighted by molar-refractivity contribution is 5.91. The molecule has 1 fully saturated rings. The highest BCUT2D eigenvalue weighted by Crippen LogP contribution is 2.40. The maximum atomic E-state index is 15.1. The van der Waals surface area contributed by atoms with Gasteiger partial charge in [0.05, 0.1) is 24.3 Å². The number of hydrogen-bond donors (Lipinski definition) is 0. The zero-order valence-corrected chi connectivity index (χ0v) is 19.1. The van der Waals surface area contributed by atoms with Crippen molar-refractivity contribution in [3.63, 3.8) is 0 Å². The molecule has 1 heterocycles. The smallest absolute Gasteiger partial charge is 0.419 e. The quantitative estimate of drug-likeness (QED) is 0.235. The molecule has 0 radical (unpaired) electrons. The van der Waals surface area contributed by atoms with Crippen LogP contribution in [0.15, 0.2) is 36.4 Å². The lowest BCUT2D eigenvalue weighted by Gasteiger charge is -2.28. The van der Waals surface area contributed by atoms with Gasteiger partial charge in [-0.1, -0.05) is 31.5 Å². The van der Waals surface area contributed by atoms with Gasteiger partial charge in [0.1, 0.15) is 11.9 Å². The van der Waals surface area contributed by atoms with E-state index < -0.39 is 41.5 Å². The Hall–Kier alpha value is -2.65. The van der Waals surface area contributed by atoms with E-state index in [4.69, 9.17) is 18.9 Å². The summed E-state index contributed by atoms with van der Waals surface area (Å²) in [5.41, 5.74) is -2.53. The molecule has 0 aromatic heterocycles. The van der Waals surface area contributed by atoms with E-state index in [0.29, 0.717) is 31.8 Å². The lowest BCUT2D eigenvalue weighted by atomic mass is 9.96. The molecular formula is C25H28F4O5. The molecule has 3 rings (SSSR count). The molecule has 186 valence electrons. The lowest BCUT2D eigenvalue weighted by Crippen LogP contribution is -2.34. The molecule has 2 atom stereocenters. The van der Waals surface area contributed by atoms with Gasteiger partial charge in [-0.2, -0.15) is 13.2 Å². The molecule has 2 aromatic rings.